The van der Waals surface area contributed by atoms with Crippen LogP contribution in [0.5, 0.6) is 0 Å². The maximum absolute atomic E-state index is 11.6. The van der Waals surface area contributed by atoms with Crippen LogP contribution in [0.4, 0.5) is 5.82 Å². The number of carbonyl (C=O) groups excluding carboxylic acids is 1. The Morgan fingerprint density at radius 2 is 2.24 bits per heavy atom. The van der Waals surface area contributed by atoms with Crippen molar-refractivity contribution in [1.29, 1.82) is 0 Å². The van der Waals surface area contributed by atoms with Crippen molar-refractivity contribution < 1.29 is 4.79 Å². The van der Waals surface area contributed by atoms with Gasteiger partial charge in [-0.3, -0.25) is 9.48 Å². The highest BCUT2D eigenvalue weighted by Gasteiger charge is 2.06. The van der Waals surface area contributed by atoms with E-state index in [-0.39, 0.29) is 5.91 Å². The Labute approximate surface area is 103 Å². The van der Waals surface area contributed by atoms with Gasteiger partial charge in [0.25, 0.3) is 0 Å². The Kier molecular flexibility index (Phi) is 5.15. The molecule has 1 heterocycles. The lowest BCUT2D eigenvalue weighted by Gasteiger charge is -2.08. The molecule has 1 amide bonds. The summed E-state index contributed by atoms with van der Waals surface area (Å²) in [6.45, 7) is 6.97. The van der Waals surface area contributed by atoms with E-state index >= 15 is 0 Å². The summed E-state index contributed by atoms with van der Waals surface area (Å²) in [6, 6.07) is 2.34. The zero-order valence-corrected chi connectivity index (χ0v) is 11.1. The van der Waals surface area contributed by atoms with E-state index in [1.807, 2.05) is 20.0 Å². The lowest BCUT2D eigenvalue weighted by atomic mass is 10.2. The van der Waals surface area contributed by atoms with Crippen molar-refractivity contribution in [2.45, 2.75) is 39.7 Å². The fourth-order valence-electron chi connectivity index (χ4n) is 1.57. The monoisotopic (exact) mass is 238 g/mol. The van der Waals surface area contributed by atoms with Crippen LogP contribution in [0.25, 0.3) is 0 Å². The van der Waals surface area contributed by atoms with Gasteiger partial charge in [0.15, 0.2) is 0 Å². The minimum absolute atomic E-state index is 0.0403. The fourth-order valence-corrected chi connectivity index (χ4v) is 1.57. The molecule has 96 valence electrons. The van der Waals surface area contributed by atoms with Crippen LogP contribution < -0.4 is 10.6 Å². The summed E-state index contributed by atoms with van der Waals surface area (Å²) in [5.74, 6) is 0.794. The van der Waals surface area contributed by atoms with Crippen molar-refractivity contribution in [3.05, 3.63) is 11.8 Å². The molecule has 0 aliphatic carbocycles. The van der Waals surface area contributed by atoms with Crippen molar-refractivity contribution in [1.82, 2.24) is 15.1 Å². The summed E-state index contributed by atoms with van der Waals surface area (Å²) < 4.78 is 1.68. The molecular formula is C12H22N4O. The molecule has 5 nitrogen and oxygen atoms in total. The second-order valence-electron chi connectivity index (χ2n) is 4.56. The predicted molar refractivity (Wildman–Crippen MR) is 68.9 cm³/mol. The van der Waals surface area contributed by atoms with Crippen LogP contribution in [0.2, 0.25) is 0 Å². The van der Waals surface area contributed by atoms with E-state index in [9.17, 15) is 4.79 Å². The van der Waals surface area contributed by atoms with Crippen LogP contribution >= 0.6 is 0 Å². The van der Waals surface area contributed by atoms with E-state index < -0.39 is 0 Å². The molecule has 1 rings (SSSR count). The average Bonchev–Trinajstić information content (AvgIpc) is 2.52. The SMILES string of the molecule is Cc1cc(NC(=O)CCCNC(C)C)n(C)n1. The van der Waals surface area contributed by atoms with E-state index in [2.05, 4.69) is 29.6 Å². The Balaban J connectivity index is 2.28. The molecule has 0 spiro atoms. The minimum atomic E-state index is 0.0403. The summed E-state index contributed by atoms with van der Waals surface area (Å²) in [7, 11) is 1.82. The van der Waals surface area contributed by atoms with Crippen molar-refractivity contribution in [3.63, 3.8) is 0 Å². The Bertz CT molecular complexity index is 371. The van der Waals surface area contributed by atoms with Gasteiger partial charge in [0, 0.05) is 25.6 Å². The number of nitrogens with one attached hydrogen (secondary N) is 2. The third-order valence-electron chi connectivity index (χ3n) is 2.40. The molecule has 0 radical (unpaired) electrons. The van der Waals surface area contributed by atoms with Crippen LogP contribution in [0.1, 0.15) is 32.4 Å². The zero-order chi connectivity index (χ0) is 12.8. The molecule has 1 aromatic rings. The first-order valence-corrected chi connectivity index (χ1v) is 6.03. The van der Waals surface area contributed by atoms with Crippen molar-refractivity contribution >= 4 is 11.7 Å². The summed E-state index contributed by atoms with van der Waals surface area (Å²) in [6.07, 6.45) is 1.38. The van der Waals surface area contributed by atoms with E-state index in [1.54, 1.807) is 4.68 Å². The number of aromatic nitrogens is 2. The molecule has 1 aromatic heterocycles. The molecule has 0 atom stereocenters. The lowest BCUT2D eigenvalue weighted by molar-refractivity contribution is -0.116. The highest BCUT2D eigenvalue weighted by atomic mass is 16.1. The molecule has 2 N–H and O–H groups in total. The Hall–Kier alpha value is -1.36. The second kappa shape index (κ2) is 6.39. The molecule has 0 fully saturated rings. The smallest absolute Gasteiger partial charge is 0.225 e. The number of rotatable bonds is 6. The maximum Gasteiger partial charge on any atom is 0.225 e. The number of nitrogens with zero attached hydrogens (tertiary/aromatic N) is 2. The molecule has 17 heavy (non-hydrogen) atoms. The largest absolute Gasteiger partial charge is 0.315 e. The van der Waals surface area contributed by atoms with Gasteiger partial charge in [-0.25, -0.2) is 0 Å². The van der Waals surface area contributed by atoms with Gasteiger partial charge in [0.2, 0.25) is 5.91 Å². The number of carbonyl (C=O) groups is 1. The summed E-state index contributed by atoms with van der Waals surface area (Å²) in [5.41, 5.74) is 0.907. The Morgan fingerprint density at radius 1 is 1.53 bits per heavy atom. The van der Waals surface area contributed by atoms with Crippen LogP contribution in [-0.2, 0) is 11.8 Å². The van der Waals surface area contributed by atoms with Crippen LogP contribution in [0.15, 0.2) is 6.07 Å². The quantitative estimate of drug-likeness (QED) is 0.737. The van der Waals surface area contributed by atoms with Gasteiger partial charge in [-0.05, 0) is 19.9 Å². The maximum atomic E-state index is 11.6. The third-order valence-corrected chi connectivity index (χ3v) is 2.40. The molecule has 0 unspecified atom stereocenters. The van der Waals surface area contributed by atoms with E-state index in [4.69, 9.17) is 0 Å². The van der Waals surface area contributed by atoms with Gasteiger partial charge in [0.05, 0.1) is 5.69 Å². The molecular weight excluding hydrogens is 216 g/mol. The number of anilines is 1. The fraction of sp³-hybridized carbons (Fsp3) is 0.667. The van der Waals surface area contributed by atoms with Crippen molar-refractivity contribution in [2.24, 2.45) is 7.05 Å². The minimum Gasteiger partial charge on any atom is -0.315 e. The average molecular weight is 238 g/mol. The van der Waals surface area contributed by atoms with E-state index in [0.717, 1.165) is 24.5 Å². The number of hydrogen-bond donors (Lipinski definition) is 2. The van der Waals surface area contributed by atoms with Crippen LogP contribution in [0.3, 0.4) is 0 Å². The number of hydrogen-bond acceptors (Lipinski definition) is 3. The molecule has 0 aliphatic rings. The standard InChI is InChI=1S/C12H22N4O/c1-9(2)13-7-5-6-12(17)14-11-8-10(3)15-16(11)4/h8-9,13H,5-7H2,1-4H3,(H,14,17). The van der Waals surface area contributed by atoms with Crippen LogP contribution in [-0.4, -0.2) is 28.3 Å². The summed E-state index contributed by atoms with van der Waals surface area (Å²) in [5, 5.41) is 10.3. The molecule has 0 aliphatic heterocycles. The van der Waals surface area contributed by atoms with E-state index in [0.29, 0.717) is 12.5 Å². The number of aryl methyl sites for hydroxylation is 2. The van der Waals surface area contributed by atoms with E-state index in [1.165, 1.54) is 0 Å². The zero-order valence-electron chi connectivity index (χ0n) is 11.1. The lowest BCUT2D eigenvalue weighted by Crippen LogP contribution is -2.25. The normalized spacial score (nSPS) is 10.9. The highest BCUT2D eigenvalue weighted by Crippen LogP contribution is 2.08. The van der Waals surface area contributed by atoms with Crippen molar-refractivity contribution in [3.8, 4) is 0 Å². The molecule has 0 bridgehead atoms. The first-order valence-electron chi connectivity index (χ1n) is 6.03. The first-order chi connectivity index (χ1) is 7.99. The summed E-state index contributed by atoms with van der Waals surface area (Å²) in [4.78, 5) is 11.6. The molecule has 0 aromatic carbocycles. The second-order valence-corrected chi connectivity index (χ2v) is 4.56. The van der Waals surface area contributed by atoms with Gasteiger partial charge in [0.1, 0.15) is 5.82 Å². The molecule has 0 saturated heterocycles. The van der Waals surface area contributed by atoms with Gasteiger partial charge < -0.3 is 10.6 Å². The Morgan fingerprint density at radius 3 is 2.76 bits per heavy atom. The number of amides is 1. The van der Waals surface area contributed by atoms with Crippen molar-refractivity contribution in [2.75, 3.05) is 11.9 Å². The van der Waals surface area contributed by atoms with Crippen LogP contribution in [0, 0.1) is 6.92 Å². The first kappa shape index (κ1) is 13.7. The molecule has 0 saturated carbocycles. The van der Waals surface area contributed by atoms with Gasteiger partial charge in [-0.15, -0.1) is 0 Å². The highest BCUT2D eigenvalue weighted by molar-refractivity contribution is 5.89. The topological polar surface area (TPSA) is 59.0 Å². The van der Waals surface area contributed by atoms with Gasteiger partial charge in [-0.1, -0.05) is 13.8 Å². The third kappa shape index (κ3) is 4.99. The van der Waals surface area contributed by atoms with Gasteiger partial charge in [-0.2, -0.15) is 5.10 Å². The predicted octanol–water partition coefficient (Wildman–Crippen LogP) is 1.45. The molecule has 5 heteroatoms. The summed E-state index contributed by atoms with van der Waals surface area (Å²) >= 11 is 0. The van der Waals surface area contributed by atoms with Gasteiger partial charge >= 0.3 is 0 Å².